The van der Waals surface area contributed by atoms with E-state index in [1.54, 1.807) is 4.40 Å². The molecule has 5 heteroatoms. The highest BCUT2D eigenvalue weighted by Gasteiger charge is 2.12. The summed E-state index contributed by atoms with van der Waals surface area (Å²) >= 11 is 0. The van der Waals surface area contributed by atoms with Crippen molar-refractivity contribution in [2.45, 2.75) is 6.92 Å². The van der Waals surface area contributed by atoms with Gasteiger partial charge in [0, 0.05) is 23.3 Å². The van der Waals surface area contributed by atoms with Crippen molar-refractivity contribution < 1.29 is 4.79 Å². The monoisotopic (exact) mass is 290 g/mol. The lowest BCUT2D eigenvalue weighted by molar-refractivity contribution is 0.111. The van der Waals surface area contributed by atoms with Crippen molar-refractivity contribution >= 4 is 28.7 Å². The van der Waals surface area contributed by atoms with Gasteiger partial charge in [-0.25, -0.2) is 4.98 Å². The maximum absolute atomic E-state index is 11.2. The number of fused-ring (bicyclic) bond motifs is 2. The van der Waals surface area contributed by atoms with E-state index in [1.807, 2.05) is 24.5 Å². The van der Waals surface area contributed by atoms with E-state index in [2.05, 4.69) is 35.1 Å². The summed E-state index contributed by atoms with van der Waals surface area (Å²) in [7, 11) is 0. The lowest BCUT2D eigenvalue weighted by atomic mass is 9.98. The highest BCUT2D eigenvalue weighted by atomic mass is 16.1. The van der Waals surface area contributed by atoms with Gasteiger partial charge >= 0.3 is 0 Å². The number of imidazole rings is 1. The molecule has 3 heterocycles. The highest BCUT2D eigenvalue weighted by molar-refractivity contribution is 5.97. The molecule has 3 N–H and O–H groups in total. The van der Waals surface area contributed by atoms with Gasteiger partial charge in [-0.2, -0.15) is 0 Å². The van der Waals surface area contributed by atoms with Crippen LogP contribution in [0.3, 0.4) is 0 Å². The molecule has 0 saturated carbocycles. The Hall–Kier alpha value is -3.08. The minimum absolute atomic E-state index is 0.253. The Balaban J connectivity index is 2.06. The number of nitrogens with one attached hydrogen (secondary N) is 1. The zero-order valence-corrected chi connectivity index (χ0v) is 12.0. The molecule has 0 bridgehead atoms. The molecule has 0 aliphatic heterocycles. The van der Waals surface area contributed by atoms with E-state index in [-0.39, 0.29) is 5.82 Å². The average molecular weight is 290 g/mol. The zero-order chi connectivity index (χ0) is 15.3. The van der Waals surface area contributed by atoms with Crippen molar-refractivity contribution in [3.05, 3.63) is 54.0 Å². The largest absolute Gasteiger partial charge is 0.382 e. The number of aromatic nitrogens is 3. The third kappa shape index (κ3) is 1.65. The van der Waals surface area contributed by atoms with Crippen molar-refractivity contribution in [3.8, 4) is 11.1 Å². The Labute approximate surface area is 126 Å². The predicted octanol–water partition coefficient (Wildman–Crippen LogP) is 3.19. The lowest BCUT2D eigenvalue weighted by Gasteiger charge is -2.09. The SMILES string of the molecule is Cc1ccc2[nH]ccc2c1-c1ccc2nc(N)c(C=O)n2c1. The Morgan fingerprint density at radius 2 is 2.09 bits per heavy atom. The normalized spacial score (nSPS) is 11.3. The summed E-state index contributed by atoms with van der Waals surface area (Å²) in [5.74, 6) is 0.253. The third-order valence-electron chi connectivity index (χ3n) is 4.03. The van der Waals surface area contributed by atoms with Crippen LogP contribution in [0.4, 0.5) is 5.82 Å². The average Bonchev–Trinajstić information content (AvgIpc) is 3.09. The summed E-state index contributed by atoms with van der Waals surface area (Å²) in [5, 5.41) is 1.15. The van der Waals surface area contributed by atoms with Gasteiger partial charge in [0.15, 0.2) is 12.1 Å². The quantitative estimate of drug-likeness (QED) is 0.557. The number of rotatable bonds is 2. The number of aldehydes is 1. The number of hydrogen-bond acceptors (Lipinski definition) is 3. The first-order chi connectivity index (χ1) is 10.7. The Morgan fingerprint density at radius 1 is 1.23 bits per heavy atom. The molecule has 5 nitrogen and oxygen atoms in total. The van der Waals surface area contributed by atoms with E-state index in [0.29, 0.717) is 11.3 Å². The molecule has 0 fully saturated rings. The molecule has 0 aliphatic carbocycles. The van der Waals surface area contributed by atoms with Crippen LogP contribution in [0, 0.1) is 6.92 Å². The smallest absolute Gasteiger partial charge is 0.170 e. The van der Waals surface area contributed by atoms with Gasteiger partial charge in [-0.1, -0.05) is 6.07 Å². The molecule has 0 unspecified atom stereocenters. The van der Waals surface area contributed by atoms with Gasteiger partial charge in [-0.3, -0.25) is 9.20 Å². The number of nitrogen functional groups attached to an aromatic ring is 1. The van der Waals surface area contributed by atoms with Crippen LogP contribution in [-0.2, 0) is 0 Å². The Morgan fingerprint density at radius 3 is 2.91 bits per heavy atom. The van der Waals surface area contributed by atoms with Gasteiger partial charge in [0.25, 0.3) is 0 Å². The van der Waals surface area contributed by atoms with Crippen LogP contribution in [0.2, 0.25) is 0 Å². The van der Waals surface area contributed by atoms with Crippen LogP contribution in [0.1, 0.15) is 16.1 Å². The first kappa shape index (κ1) is 12.6. The van der Waals surface area contributed by atoms with E-state index >= 15 is 0 Å². The van der Waals surface area contributed by atoms with Crippen LogP contribution in [0.15, 0.2) is 42.7 Å². The molecule has 4 aromatic rings. The molecular weight excluding hydrogens is 276 g/mol. The van der Waals surface area contributed by atoms with Gasteiger partial charge in [0.1, 0.15) is 11.3 Å². The minimum atomic E-state index is 0.253. The molecule has 0 amide bonds. The molecule has 0 aliphatic rings. The van der Waals surface area contributed by atoms with Crippen LogP contribution in [-0.4, -0.2) is 20.7 Å². The van der Waals surface area contributed by atoms with Gasteiger partial charge in [-0.15, -0.1) is 0 Å². The second kappa shape index (κ2) is 4.46. The van der Waals surface area contributed by atoms with Crippen molar-refractivity contribution in [1.82, 2.24) is 14.4 Å². The standard InChI is InChI=1S/C17H14N4O/c1-10-2-4-13-12(6-7-19-13)16(10)11-3-5-15-20-17(18)14(9-22)21(15)8-11/h2-9,19H,18H2,1H3. The third-order valence-corrected chi connectivity index (χ3v) is 4.03. The molecule has 3 aromatic heterocycles. The van der Waals surface area contributed by atoms with E-state index in [9.17, 15) is 4.79 Å². The summed E-state index contributed by atoms with van der Waals surface area (Å²) in [6.07, 6.45) is 4.58. The lowest BCUT2D eigenvalue weighted by Crippen LogP contribution is -1.95. The molecule has 0 radical (unpaired) electrons. The fourth-order valence-corrected chi connectivity index (χ4v) is 2.97. The van der Waals surface area contributed by atoms with Crippen molar-refractivity contribution in [2.75, 3.05) is 5.73 Å². The summed E-state index contributed by atoms with van der Waals surface area (Å²) in [5.41, 5.74) is 11.3. The van der Waals surface area contributed by atoms with Gasteiger partial charge in [-0.05, 0) is 47.9 Å². The number of carbonyl (C=O) groups is 1. The number of hydrogen-bond donors (Lipinski definition) is 2. The van der Waals surface area contributed by atoms with Crippen LogP contribution < -0.4 is 5.73 Å². The van der Waals surface area contributed by atoms with Crippen molar-refractivity contribution in [2.24, 2.45) is 0 Å². The summed E-state index contributed by atoms with van der Waals surface area (Å²) < 4.78 is 1.74. The van der Waals surface area contributed by atoms with Gasteiger partial charge in [0.05, 0.1) is 0 Å². The van der Waals surface area contributed by atoms with E-state index in [0.717, 1.165) is 28.3 Å². The fraction of sp³-hybridized carbons (Fsp3) is 0.0588. The number of carbonyl (C=O) groups excluding carboxylic acids is 1. The summed E-state index contributed by atoms with van der Waals surface area (Å²) in [6, 6.07) is 10.1. The molecular formula is C17H14N4O. The maximum Gasteiger partial charge on any atom is 0.170 e. The molecule has 0 spiro atoms. The topological polar surface area (TPSA) is 76.2 Å². The number of H-pyrrole nitrogens is 1. The molecule has 0 saturated heterocycles. The number of anilines is 1. The predicted molar refractivity (Wildman–Crippen MR) is 87.0 cm³/mol. The summed E-state index contributed by atoms with van der Waals surface area (Å²) in [4.78, 5) is 18.7. The number of pyridine rings is 1. The van der Waals surface area contributed by atoms with E-state index < -0.39 is 0 Å². The van der Waals surface area contributed by atoms with E-state index in [1.165, 1.54) is 5.56 Å². The minimum Gasteiger partial charge on any atom is -0.382 e. The second-order valence-electron chi connectivity index (χ2n) is 5.34. The molecule has 4 rings (SSSR count). The van der Waals surface area contributed by atoms with Crippen molar-refractivity contribution in [1.29, 1.82) is 0 Å². The van der Waals surface area contributed by atoms with Crippen LogP contribution in [0.25, 0.3) is 27.7 Å². The molecule has 1 aromatic carbocycles. The Bertz CT molecular complexity index is 1030. The number of nitrogens with zero attached hydrogens (tertiary/aromatic N) is 2. The number of benzene rings is 1. The number of nitrogens with two attached hydrogens (primary N) is 1. The fourth-order valence-electron chi connectivity index (χ4n) is 2.97. The molecule has 0 atom stereocenters. The zero-order valence-electron chi connectivity index (χ0n) is 12.0. The highest BCUT2D eigenvalue weighted by Crippen LogP contribution is 2.32. The van der Waals surface area contributed by atoms with Crippen molar-refractivity contribution in [3.63, 3.8) is 0 Å². The second-order valence-corrected chi connectivity index (χ2v) is 5.34. The first-order valence-electron chi connectivity index (χ1n) is 6.99. The Kier molecular flexibility index (Phi) is 2.56. The number of aromatic amines is 1. The number of aryl methyl sites for hydroxylation is 1. The maximum atomic E-state index is 11.2. The summed E-state index contributed by atoms with van der Waals surface area (Å²) in [6.45, 7) is 2.08. The van der Waals surface area contributed by atoms with E-state index in [4.69, 9.17) is 5.73 Å². The van der Waals surface area contributed by atoms with Crippen LogP contribution >= 0.6 is 0 Å². The molecule has 108 valence electrons. The van der Waals surface area contributed by atoms with Gasteiger partial charge in [0.2, 0.25) is 0 Å². The first-order valence-corrected chi connectivity index (χ1v) is 6.99. The van der Waals surface area contributed by atoms with Crippen LogP contribution in [0.5, 0.6) is 0 Å². The van der Waals surface area contributed by atoms with Gasteiger partial charge < -0.3 is 10.7 Å². The molecule has 22 heavy (non-hydrogen) atoms.